The zero-order valence-corrected chi connectivity index (χ0v) is 15.2. The third kappa shape index (κ3) is 3.61. The van der Waals surface area contributed by atoms with E-state index in [0.29, 0.717) is 31.3 Å². The number of fused-ring (bicyclic) bond motifs is 1. The summed E-state index contributed by atoms with van der Waals surface area (Å²) in [6, 6.07) is 7.03. The summed E-state index contributed by atoms with van der Waals surface area (Å²) in [7, 11) is 0. The quantitative estimate of drug-likeness (QED) is 0.823. The summed E-state index contributed by atoms with van der Waals surface area (Å²) >= 11 is 0. The molecule has 1 amide bonds. The van der Waals surface area contributed by atoms with E-state index in [9.17, 15) is 4.79 Å². The van der Waals surface area contributed by atoms with E-state index in [4.69, 9.17) is 9.47 Å². The van der Waals surface area contributed by atoms with E-state index in [1.165, 1.54) is 0 Å². The van der Waals surface area contributed by atoms with Gasteiger partial charge in [0.05, 0.1) is 0 Å². The Morgan fingerprint density at radius 3 is 2.56 bits per heavy atom. The van der Waals surface area contributed by atoms with Crippen molar-refractivity contribution in [3.63, 3.8) is 0 Å². The summed E-state index contributed by atoms with van der Waals surface area (Å²) < 4.78 is 10.9. The van der Waals surface area contributed by atoms with Gasteiger partial charge in [-0.25, -0.2) is 0 Å². The van der Waals surface area contributed by atoms with Gasteiger partial charge in [0.25, 0.3) is 0 Å². The summed E-state index contributed by atoms with van der Waals surface area (Å²) in [4.78, 5) is 17.7. The number of hydrogen-bond acceptors (Lipinski definition) is 4. The molecular formula is C20H28N2O3. The Balaban J connectivity index is 1.42. The van der Waals surface area contributed by atoms with Crippen LogP contribution in [0.4, 0.5) is 0 Å². The van der Waals surface area contributed by atoms with Gasteiger partial charge in [0.2, 0.25) is 12.7 Å². The molecule has 3 aliphatic rings. The maximum atomic E-state index is 13.1. The van der Waals surface area contributed by atoms with Gasteiger partial charge in [-0.05, 0) is 70.3 Å². The average molecular weight is 344 g/mol. The normalized spacial score (nSPS) is 20.9. The Labute approximate surface area is 149 Å². The Morgan fingerprint density at radius 2 is 1.88 bits per heavy atom. The molecule has 5 nitrogen and oxygen atoms in total. The molecule has 136 valence electrons. The van der Waals surface area contributed by atoms with Gasteiger partial charge >= 0.3 is 0 Å². The van der Waals surface area contributed by atoms with Gasteiger partial charge in [-0.1, -0.05) is 6.07 Å². The summed E-state index contributed by atoms with van der Waals surface area (Å²) in [6.07, 6.45) is 4.25. The maximum absolute atomic E-state index is 13.1. The first kappa shape index (κ1) is 16.7. The van der Waals surface area contributed by atoms with Crippen LogP contribution in [0.15, 0.2) is 18.2 Å². The van der Waals surface area contributed by atoms with Gasteiger partial charge in [0.1, 0.15) is 0 Å². The zero-order valence-electron chi connectivity index (χ0n) is 15.2. The van der Waals surface area contributed by atoms with Crippen LogP contribution in [0.5, 0.6) is 11.5 Å². The van der Waals surface area contributed by atoms with Crippen molar-refractivity contribution >= 4 is 5.91 Å². The molecule has 2 aliphatic heterocycles. The zero-order chi connectivity index (χ0) is 17.4. The van der Waals surface area contributed by atoms with Crippen LogP contribution in [-0.4, -0.2) is 47.7 Å². The fourth-order valence-corrected chi connectivity index (χ4v) is 3.91. The molecule has 1 aromatic carbocycles. The van der Waals surface area contributed by atoms with Crippen molar-refractivity contribution in [2.45, 2.75) is 58.2 Å². The molecule has 5 heteroatoms. The number of amides is 1. The molecule has 1 aliphatic carbocycles. The molecule has 0 spiro atoms. The minimum atomic E-state index is 0.185. The van der Waals surface area contributed by atoms with Crippen molar-refractivity contribution in [2.24, 2.45) is 5.92 Å². The molecular weight excluding hydrogens is 316 g/mol. The summed E-state index contributed by atoms with van der Waals surface area (Å²) in [5.41, 5.74) is 1.13. The SMILES string of the molecule is CC(C)N1CCC(C(=O)N(Cc2ccc3c(c2)OCO3)C2CC2)CC1. The minimum absolute atomic E-state index is 0.185. The van der Waals surface area contributed by atoms with Gasteiger partial charge in [-0.15, -0.1) is 0 Å². The number of carbonyl (C=O) groups is 1. The molecule has 0 unspecified atom stereocenters. The highest BCUT2D eigenvalue weighted by molar-refractivity contribution is 5.79. The van der Waals surface area contributed by atoms with Crippen molar-refractivity contribution in [3.8, 4) is 11.5 Å². The highest BCUT2D eigenvalue weighted by Crippen LogP contribution is 2.35. The van der Waals surface area contributed by atoms with Crippen molar-refractivity contribution in [1.82, 2.24) is 9.80 Å². The Morgan fingerprint density at radius 1 is 1.16 bits per heavy atom. The topological polar surface area (TPSA) is 42.0 Å². The number of piperidine rings is 1. The van der Waals surface area contributed by atoms with E-state index in [1.807, 2.05) is 12.1 Å². The first-order chi connectivity index (χ1) is 12.1. The Bertz CT molecular complexity index is 634. The van der Waals surface area contributed by atoms with Crippen molar-refractivity contribution < 1.29 is 14.3 Å². The van der Waals surface area contributed by atoms with Crippen molar-refractivity contribution in [3.05, 3.63) is 23.8 Å². The molecule has 4 rings (SSSR count). The lowest BCUT2D eigenvalue weighted by molar-refractivity contribution is -0.138. The molecule has 0 bridgehead atoms. The first-order valence-electron chi connectivity index (χ1n) is 9.55. The van der Waals surface area contributed by atoms with Crippen LogP contribution in [0.2, 0.25) is 0 Å². The molecule has 1 saturated heterocycles. The number of hydrogen-bond donors (Lipinski definition) is 0. The van der Waals surface area contributed by atoms with E-state index >= 15 is 0 Å². The summed E-state index contributed by atoms with van der Waals surface area (Å²) in [5, 5.41) is 0. The van der Waals surface area contributed by atoms with E-state index in [2.05, 4.69) is 29.7 Å². The molecule has 0 atom stereocenters. The van der Waals surface area contributed by atoms with Crippen molar-refractivity contribution in [2.75, 3.05) is 19.9 Å². The van der Waals surface area contributed by atoms with Gasteiger partial charge in [-0.3, -0.25) is 4.79 Å². The minimum Gasteiger partial charge on any atom is -0.454 e. The second kappa shape index (κ2) is 6.87. The van der Waals surface area contributed by atoms with Gasteiger partial charge < -0.3 is 19.3 Å². The number of nitrogens with zero attached hydrogens (tertiary/aromatic N) is 2. The second-order valence-corrected chi connectivity index (χ2v) is 7.79. The lowest BCUT2D eigenvalue weighted by atomic mass is 9.94. The van der Waals surface area contributed by atoms with Crippen LogP contribution in [0.25, 0.3) is 0 Å². The molecule has 25 heavy (non-hydrogen) atoms. The van der Waals surface area contributed by atoms with E-state index in [0.717, 1.165) is 55.8 Å². The van der Waals surface area contributed by atoms with Crippen LogP contribution >= 0.6 is 0 Å². The average Bonchev–Trinajstić information content (AvgIpc) is 3.36. The molecule has 1 aromatic rings. The number of likely N-dealkylation sites (tertiary alicyclic amines) is 1. The second-order valence-electron chi connectivity index (χ2n) is 7.79. The van der Waals surface area contributed by atoms with Crippen LogP contribution in [0.3, 0.4) is 0 Å². The van der Waals surface area contributed by atoms with Crippen LogP contribution in [0, 0.1) is 5.92 Å². The van der Waals surface area contributed by atoms with Gasteiger partial charge in [0, 0.05) is 24.5 Å². The fourth-order valence-electron chi connectivity index (χ4n) is 3.91. The van der Waals surface area contributed by atoms with Crippen LogP contribution < -0.4 is 9.47 Å². The highest BCUT2D eigenvalue weighted by Gasteiger charge is 2.37. The first-order valence-corrected chi connectivity index (χ1v) is 9.55. The number of rotatable bonds is 5. The van der Waals surface area contributed by atoms with Gasteiger partial charge in [-0.2, -0.15) is 0 Å². The van der Waals surface area contributed by atoms with Crippen LogP contribution in [-0.2, 0) is 11.3 Å². The Kier molecular flexibility index (Phi) is 4.59. The smallest absolute Gasteiger partial charge is 0.231 e. The number of carbonyl (C=O) groups excluding carboxylic acids is 1. The molecule has 0 N–H and O–H groups in total. The van der Waals surface area contributed by atoms with E-state index < -0.39 is 0 Å². The molecule has 2 heterocycles. The molecule has 0 aromatic heterocycles. The van der Waals surface area contributed by atoms with Crippen LogP contribution in [0.1, 0.15) is 45.1 Å². The predicted molar refractivity (Wildman–Crippen MR) is 95.6 cm³/mol. The molecule has 1 saturated carbocycles. The van der Waals surface area contributed by atoms with Gasteiger partial charge in [0.15, 0.2) is 11.5 Å². The standard InChI is InChI=1S/C20H28N2O3/c1-14(2)21-9-7-16(8-10-21)20(23)22(17-4-5-17)12-15-3-6-18-19(11-15)25-13-24-18/h3,6,11,14,16-17H,4-5,7-10,12-13H2,1-2H3. The number of ether oxygens (including phenoxy) is 2. The third-order valence-corrected chi connectivity index (χ3v) is 5.67. The lowest BCUT2D eigenvalue weighted by Crippen LogP contribution is -2.45. The largest absolute Gasteiger partial charge is 0.454 e. The van der Waals surface area contributed by atoms with E-state index in [-0.39, 0.29) is 5.92 Å². The highest BCUT2D eigenvalue weighted by atomic mass is 16.7. The fraction of sp³-hybridized carbons (Fsp3) is 0.650. The predicted octanol–water partition coefficient (Wildman–Crippen LogP) is 3.03. The number of benzene rings is 1. The molecule has 0 radical (unpaired) electrons. The summed E-state index contributed by atoms with van der Waals surface area (Å²) in [5.74, 6) is 2.13. The molecule has 2 fully saturated rings. The third-order valence-electron chi connectivity index (χ3n) is 5.67. The Hall–Kier alpha value is -1.75. The van der Waals surface area contributed by atoms with Crippen molar-refractivity contribution in [1.29, 1.82) is 0 Å². The maximum Gasteiger partial charge on any atom is 0.231 e. The lowest BCUT2D eigenvalue weighted by Gasteiger charge is -2.36. The monoisotopic (exact) mass is 344 g/mol. The van der Waals surface area contributed by atoms with E-state index in [1.54, 1.807) is 0 Å². The summed E-state index contributed by atoms with van der Waals surface area (Å²) in [6.45, 7) is 7.52.